The predicted octanol–water partition coefficient (Wildman–Crippen LogP) is 27.3. The van der Waals surface area contributed by atoms with Crippen LogP contribution in [0.2, 0.25) is 0 Å². The van der Waals surface area contributed by atoms with Crippen molar-refractivity contribution in [1.29, 1.82) is 0 Å². The molecule has 0 saturated carbocycles. The fraction of sp³-hybridized carbons (Fsp3) is 0.119. The lowest BCUT2D eigenvalue weighted by atomic mass is 9.33. The average molecular weight is 1460 g/mol. The lowest BCUT2D eigenvalue weighted by Crippen LogP contribution is -2.61. The summed E-state index contributed by atoms with van der Waals surface area (Å²) in [6.45, 7) is 21.1. The number of aromatic nitrogens is 1. The van der Waals surface area contributed by atoms with Crippen LogP contribution in [0.25, 0.3) is 127 Å². The Hall–Kier alpha value is -13.2. The van der Waals surface area contributed by atoms with Gasteiger partial charge in [0.1, 0.15) is 11.2 Å². The molecule has 0 atom stereocenters. The molecule has 0 unspecified atom stereocenters. The topological polar surface area (TPSA) is 24.6 Å². The summed E-state index contributed by atoms with van der Waals surface area (Å²) in [6, 6.07) is 132. The number of hydrogen-bond acceptors (Lipinski definition) is 3. The number of nitrogens with zero attached hydrogens (tertiary/aromatic N) is 3. The quantitative estimate of drug-likeness (QED) is 0.142. The van der Waals surface area contributed by atoms with Gasteiger partial charge in [0.15, 0.2) is 0 Å². The molecule has 544 valence electrons. The van der Waals surface area contributed by atoms with E-state index >= 15 is 0 Å². The molecule has 18 aromatic rings. The first-order valence-corrected chi connectivity index (χ1v) is 40.4. The van der Waals surface area contributed by atoms with E-state index < -0.39 is 5.41 Å². The van der Waals surface area contributed by atoms with Gasteiger partial charge in [-0.3, -0.25) is 0 Å². The van der Waals surface area contributed by atoms with Crippen molar-refractivity contribution in [2.24, 2.45) is 0 Å². The van der Waals surface area contributed by atoms with E-state index in [1.807, 2.05) is 0 Å². The molecule has 5 heteroatoms. The third-order valence-electron chi connectivity index (χ3n) is 25.4. The Morgan fingerprint density at radius 1 is 0.272 bits per heavy atom. The van der Waals surface area contributed by atoms with Crippen LogP contribution in [0.15, 0.2) is 350 Å². The molecule has 0 bridgehead atoms. The normalized spacial score (nSPS) is 13.7. The molecule has 0 radical (unpaired) electrons. The SMILES string of the molecule is CC(C)(C)c1cc(-c2ccccc2)c(N2c3ccc(-c4cccc5c4oc4ccccc45)cc3B3c4ccc(-n5c6ccccc6c6cc7c(cc65)C5(c6ccccc6-c6ccccc65)c5ccccc5-7)cc4N(c4c(-c5ccccc5)cc(C(C)(C)C)cc4-c4ccccc4)c4cc(C(C)(C)C)cc2c43)c(-c2ccccc2)c1. The van der Waals surface area contributed by atoms with E-state index in [1.54, 1.807) is 0 Å². The van der Waals surface area contributed by atoms with Crippen molar-refractivity contribution in [3.05, 3.63) is 385 Å². The van der Waals surface area contributed by atoms with Gasteiger partial charge >= 0.3 is 0 Å². The summed E-state index contributed by atoms with van der Waals surface area (Å²) in [5.74, 6) is 0. The monoisotopic (exact) mass is 1460 g/mol. The summed E-state index contributed by atoms with van der Waals surface area (Å²) in [7, 11) is 0. The highest BCUT2D eigenvalue weighted by molar-refractivity contribution is 7.00. The molecule has 16 aromatic carbocycles. The molecule has 2 aliphatic heterocycles. The number of para-hydroxylation sites is 3. The first kappa shape index (κ1) is 67.7. The Balaban J connectivity index is 0.902. The molecule has 114 heavy (non-hydrogen) atoms. The Labute approximate surface area is 667 Å². The zero-order valence-electron chi connectivity index (χ0n) is 65.7. The average Bonchev–Trinajstić information content (AvgIpc) is 1.34. The van der Waals surface area contributed by atoms with Crippen LogP contribution in [0.3, 0.4) is 0 Å². The molecular weight excluding hydrogens is 1380 g/mol. The number of anilines is 6. The highest BCUT2D eigenvalue weighted by atomic mass is 16.3. The summed E-state index contributed by atoms with van der Waals surface area (Å²) in [6.07, 6.45) is 0. The lowest BCUT2D eigenvalue weighted by molar-refractivity contribution is 0.590. The third-order valence-corrected chi connectivity index (χ3v) is 25.4. The highest BCUT2D eigenvalue weighted by Crippen LogP contribution is 2.64. The van der Waals surface area contributed by atoms with Gasteiger partial charge in [-0.15, -0.1) is 0 Å². The van der Waals surface area contributed by atoms with Gasteiger partial charge in [0.05, 0.1) is 27.8 Å². The van der Waals surface area contributed by atoms with Crippen LogP contribution in [0.1, 0.15) is 101 Å². The zero-order chi connectivity index (χ0) is 76.8. The van der Waals surface area contributed by atoms with Crippen LogP contribution >= 0.6 is 0 Å². The van der Waals surface area contributed by atoms with Crippen molar-refractivity contribution in [1.82, 2.24) is 4.57 Å². The van der Waals surface area contributed by atoms with Gasteiger partial charge in [0.2, 0.25) is 0 Å². The molecule has 4 aliphatic rings. The van der Waals surface area contributed by atoms with Gasteiger partial charge in [-0.25, -0.2) is 0 Å². The molecule has 1 spiro atoms. The highest BCUT2D eigenvalue weighted by Gasteiger charge is 2.53. The summed E-state index contributed by atoms with van der Waals surface area (Å²) < 4.78 is 9.67. The van der Waals surface area contributed by atoms with E-state index in [-0.39, 0.29) is 23.0 Å². The van der Waals surface area contributed by atoms with Crippen LogP contribution in [0.4, 0.5) is 34.1 Å². The van der Waals surface area contributed by atoms with Crippen molar-refractivity contribution in [2.75, 3.05) is 9.80 Å². The van der Waals surface area contributed by atoms with E-state index in [0.717, 1.165) is 117 Å². The molecule has 2 aromatic heterocycles. The third kappa shape index (κ3) is 9.97. The largest absolute Gasteiger partial charge is 0.455 e. The number of hydrogen-bond donors (Lipinski definition) is 0. The summed E-state index contributed by atoms with van der Waals surface area (Å²) in [5.41, 5.74) is 39.8. The lowest BCUT2D eigenvalue weighted by Gasteiger charge is -2.47. The van der Waals surface area contributed by atoms with Gasteiger partial charge in [-0.1, -0.05) is 329 Å². The van der Waals surface area contributed by atoms with Crippen LogP contribution in [-0.2, 0) is 21.7 Å². The molecule has 0 saturated heterocycles. The molecule has 0 amide bonds. The Bertz CT molecular complexity index is 6880. The van der Waals surface area contributed by atoms with Gasteiger partial charge in [-0.2, -0.15) is 0 Å². The van der Waals surface area contributed by atoms with E-state index in [4.69, 9.17) is 4.42 Å². The summed E-state index contributed by atoms with van der Waals surface area (Å²) >= 11 is 0. The fourth-order valence-electron chi connectivity index (χ4n) is 20.0. The van der Waals surface area contributed by atoms with Crippen molar-refractivity contribution in [3.8, 4) is 83.6 Å². The van der Waals surface area contributed by atoms with Gasteiger partial charge < -0.3 is 18.8 Å². The zero-order valence-corrected chi connectivity index (χ0v) is 65.7. The van der Waals surface area contributed by atoms with E-state index in [9.17, 15) is 0 Å². The Morgan fingerprint density at radius 2 is 0.711 bits per heavy atom. The molecule has 22 rings (SSSR count). The Morgan fingerprint density at radius 3 is 1.24 bits per heavy atom. The molecular formula is C109H84BN3O. The maximum atomic E-state index is 7.06. The second-order valence-electron chi connectivity index (χ2n) is 35.0. The smallest absolute Gasteiger partial charge is 0.252 e. The minimum atomic E-state index is -0.552. The molecule has 4 nitrogen and oxygen atoms in total. The molecule has 0 N–H and O–H groups in total. The molecule has 4 heterocycles. The van der Waals surface area contributed by atoms with Crippen molar-refractivity contribution in [2.45, 2.75) is 84.0 Å². The second-order valence-corrected chi connectivity index (χ2v) is 35.0. The van der Waals surface area contributed by atoms with E-state index in [0.29, 0.717) is 0 Å². The van der Waals surface area contributed by atoms with Crippen LogP contribution in [-0.4, -0.2) is 11.3 Å². The van der Waals surface area contributed by atoms with Crippen LogP contribution in [0.5, 0.6) is 0 Å². The van der Waals surface area contributed by atoms with Gasteiger partial charge in [-0.05, 0) is 201 Å². The number of benzene rings is 16. The number of furan rings is 1. The fourth-order valence-corrected chi connectivity index (χ4v) is 20.0. The minimum Gasteiger partial charge on any atom is -0.455 e. The molecule has 2 aliphatic carbocycles. The Kier molecular flexibility index (Phi) is 14.8. The maximum absolute atomic E-state index is 7.06. The second kappa shape index (κ2) is 24.9. The van der Waals surface area contributed by atoms with E-state index in [1.165, 1.54) is 99.5 Å². The van der Waals surface area contributed by atoms with Crippen molar-refractivity contribution < 1.29 is 4.42 Å². The number of fused-ring (bicyclic) bond motifs is 20. The van der Waals surface area contributed by atoms with Crippen LogP contribution < -0.4 is 26.2 Å². The first-order valence-electron chi connectivity index (χ1n) is 40.4. The van der Waals surface area contributed by atoms with Crippen molar-refractivity contribution >= 4 is 101 Å². The number of rotatable bonds is 8. The van der Waals surface area contributed by atoms with Crippen molar-refractivity contribution in [3.63, 3.8) is 0 Å². The standard InChI is InChI=1S/C109H84BN3O/c1-106(2,3)72-58-83(67-33-14-10-15-34-67)103(84(59-72)68-35-16-11-17-36-68)112-96-56-53-71(76-46-32-47-82-81-45-26-31-52-101(81)114-105(76)82)57-94(96)110-93-55-54-75(111-95-51-30-25-44-80(95)88-65-87-79-43-24-29-50-91(79)109(92(87)66-97(88)111)89-48-27-22-41-77(89)78-42-23-28-49-90(78)109)64-98(93)113(100-63-74(108(7,8)9)62-99(112)102(100)110)104-85(69-37-18-12-19-38-69)60-73(107(4,5)6)61-86(104)70-39-20-13-21-40-70/h10-66H,1-9H3. The predicted molar refractivity (Wildman–Crippen MR) is 482 cm³/mol. The summed E-state index contributed by atoms with van der Waals surface area (Å²) in [5, 5.41) is 4.64. The maximum Gasteiger partial charge on any atom is 0.252 e. The van der Waals surface area contributed by atoms with E-state index in [2.05, 4.69) is 422 Å². The van der Waals surface area contributed by atoms with Gasteiger partial charge in [0.25, 0.3) is 6.71 Å². The first-order chi connectivity index (χ1) is 55.5. The molecule has 0 fully saturated rings. The summed E-state index contributed by atoms with van der Waals surface area (Å²) in [4.78, 5) is 5.47. The minimum absolute atomic E-state index is 0.200. The van der Waals surface area contributed by atoms with Crippen LogP contribution in [0, 0.1) is 0 Å². The van der Waals surface area contributed by atoms with Gasteiger partial charge in [0, 0.05) is 77.8 Å².